The normalized spacial score (nSPS) is 11.7. The van der Waals surface area contributed by atoms with Gasteiger partial charge in [-0.15, -0.1) is 0 Å². The molecule has 1 N–H and O–H groups in total. The number of aryl methyl sites for hydroxylation is 1. The fraction of sp³-hybridized carbons (Fsp3) is 0.278. The number of anilines is 2. The quantitative estimate of drug-likeness (QED) is 0.739. The Morgan fingerprint density at radius 1 is 1.00 bits per heavy atom. The number of aromatic nitrogens is 4. The van der Waals surface area contributed by atoms with Gasteiger partial charge in [-0.1, -0.05) is 0 Å². The third-order valence-corrected chi connectivity index (χ3v) is 5.11. The minimum absolute atomic E-state index is 0.275. The van der Waals surface area contributed by atoms with Gasteiger partial charge in [-0.2, -0.15) is 0 Å². The van der Waals surface area contributed by atoms with Gasteiger partial charge in [-0.25, -0.2) is 23.4 Å². The number of sulfone groups is 1. The zero-order chi connectivity index (χ0) is 18.9. The highest BCUT2D eigenvalue weighted by molar-refractivity contribution is 7.90. The second-order valence-electron chi connectivity index (χ2n) is 6.37. The third kappa shape index (κ3) is 3.75. The Morgan fingerprint density at radius 3 is 2.15 bits per heavy atom. The predicted molar refractivity (Wildman–Crippen MR) is 101 cm³/mol. The Bertz CT molecular complexity index is 1010. The smallest absolute Gasteiger partial charge is 0.227 e. The van der Waals surface area contributed by atoms with E-state index in [4.69, 9.17) is 0 Å². The van der Waals surface area contributed by atoms with E-state index in [0.717, 1.165) is 17.1 Å². The molecular weight excluding hydrogens is 350 g/mol. The van der Waals surface area contributed by atoms with Crippen LogP contribution in [0.15, 0.2) is 47.8 Å². The molecule has 0 saturated carbocycles. The zero-order valence-electron chi connectivity index (χ0n) is 15.1. The molecule has 26 heavy (non-hydrogen) atoms. The Morgan fingerprint density at radius 2 is 1.62 bits per heavy atom. The molecule has 7 nitrogen and oxygen atoms in total. The van der Waals surface area contributed by atoms with Crippen LogP contribution in [0.5, 0.6) is 0 Å². The molecule has 8 heteroatoms. The van der Waals surface area contributed by atoms with E-state index in [0.29, 0.717) is 17.7 Å². The van der Waals surface area contributed by atoms with Crippen LogP contribution in [-0.2, 0) is 9.84 Å². The first-order valence-corrected chi connectivity index (χ1v) is 10.1. The van der Waals surface area contributed by atoms with Crippen LogP contribution in [0.25, 0.3) is 11.3 Å². The van der Waals surface area contributed by atoms with Gasteiger partial charge < -0.3 is 9.88 Å². The lowest BCUT2D eigenvalue weighted by molar-refractivity contribution is 0.588. The van der Waals surface area contributed by atoms with E-state index in [2.05, 4.69) is 38.7 Å². The summed E-state index contributed by atoms with van der Waals surface area (Å²) in [6.07, 6.45) is 6.50. The maximum atomic E-state index is 11.5. The number of imidazole rings is 1. The van der Waals surface area contributed by atoms with Crippen molar-refractivity contribution in [1.82, 2.24) is 19.5 Å². The lowest BCUT2D eigenvalue weighted by Crippen LogP contribution is -2.05. The number of rotatable bonds is 5. The van der Waals surface area contributed by atoms with Gasteiger partial charge in [0.15, 0.2) is 9.84 Å². The number of benzene rings is 1. The molecule has 2 aromatic heterocycles. The second-order valence-corrected chi connectivity index (χ2v) is 8.39. The van der Waals surface area contributed by atoms with Crippen LogP contribution in [-0.4, -0.2) is 34.2 Å². The van der Waals surface area contributed by atoms with Gasteiger partial charge in [-0.05, 0) is 45.0 Å². The van der Waals surface area contributed by atoms with Gasteiger partial charge in [-0.3, -0.25) is 0 Å². The van der Waals surface area contributed by atoms with Gasteiger partial charge in [0.25, 0.3) is 0 Å². The molecule has 0 atom stereocenters. The summed E-state index contributed by atoms with van der Waals surface area (Å²) >= 11 is 0. The molecule has 136 valence electrons. The van der Waals surface area contributed by atoms with Crippen molar-refractivity contribution in [3.05, 3.63) is 48.7 Å². The Labute approximate surface area is 153 Å². The Hall–Kier alpha value is -2.74. The first-order valence-electron chi connectivity index (χ1n) is 8.19. The van der Waals surface area contributed by atoms with Crippen molar-refractivity contribution in [1.29, 1.82) is 0 Å². The molecule has 3 rings (SSSR count). The molecule has 0 saturated heterocycles. The molecule has 0 spiro atoms. The van der Waals surface area contributed by atoms with Gasteiger partial charge in [0, 0.05) is 35.9 Å². The van der Waals surface area contributed by atoms with Crippen molar-refractivity contribution < 1.29 is 8.42 Å². The van der Waals surface area contributed by atoms with Gasteiger partial charge in [0.2, 0.25) is 5.95 Å². The summed E-state index contributed by atoms with van der Waals surface area (Å²) in [6, 6.07) is 6.76. The van der Waals surface area contributed by atoms with Crippen molar-refractivity contribution in [2.75, 3.05) is 11.6 Å². The summed E-state index contributed by atoms with van der Waals surface area (Å²) in [5, 5.41) is 3.06. The molecule has 3 aromatic rings. The van der Waals surface area contributed by atoms with Crippen LogP contribution in [0, 0.1) is 6.92 Å². The van der Waals surface area contributed by atoms with Gasteiger partial charge >= 0.3 is 0 Å². The fourth-order valence-corrected chi connectivity index (χ4v) is 3.39. The van der Waals surface area contributed by atoms with E-state index in [-0.39, 0.29) is 4.90 Å². The summed E-state index contributed by atoms with van der Waals surface area (Å²) in [6.45, 7) is 6.19. The molecule has 0 aliphatic heterocycles. The fourth-order valence-electron chi connectivity index (χ4n) is 2.76. The first kappa shape index (κ1) is 18.1. The monoisotopic (exact) mass is 371 g/mol. The Balaban J connectivity index is 1.80. The van der Waals surface area contributed by atoms with Crippen molar-refractivity contribution in [2.24, 2.45) is 0 Å². The summed E-state index contributed by atoms with van der Waals surface area (Å²) in [5.74, 6) is 1.39. The highest BCUT2D eigenvalue weighted by atomic mass is 32.2. The topological polar surface area (TPSA) is 89.8 Å². The number of nitrogens with zero attached hydrogens (tertiary/aromatic N) is 4. The summed E-state index contributed by atoms with van der Waals surface area (Å²) < 4.78 is 25.1. The lowest BCUT2D eigenvalue weighted by Gasteiger charge is -2.14. The largest absolute Gasteiger partial charge is 0.326 e. The van der Waals surface area contributed by atoms with E-state index in [1.54, 1.807) is 36.7 Å². The van der Waals surface area contributed by atoms with Crippen LogP contribution in [0.1, 0.15) is 25.7 Å². The highest BCUT2D eigenvalue weighted by Crippen LogP contribution is 2.24. The highest BCUT2D eigenvalue weighted by Gasteiger charge is 2.12. The van der Waals surface area contributed by atoms with Gasteiger partial charge in [0.1, 0.15) is 5.82 Å². The molecule has 0 aliphatic carbocycles. The van der Waals surface area contributed by atoms with Crippen molar-refractivity contribution >= 4 is 21.5 Å². The van der Waals surface area contributed by atoms with Crippen molar-refractivity contribution in [2.45, 2.75) is 31.7 Å². The zero-order valence-corrected chi connectivity index (χ0v) is 15.9. The van der Waals surface area contributed by atoms with Crippen molar-refractivity contribution in [3.8, 4) is 11.3 Å². The minimum atomic E-state index is -3.21. The first-order chi connectivity index (χ1) is 12.3. The second kappa shape index (κ2) is 6.87. The molecule has 0 fully saturated rings. The van der Waals surface area contributed by atoms with Gasteiger partial charge in [0.05, 0.1) is 16.8 Å². The van der Waals surface area contributed by atoms with E-state index in [9.17, 15) is 8.42 Å². The molecule has 2 heterocycles. The molecule has 1 aromatic carbocycles. The predicted octanol–water partition coefficient (Wildman–Crippen LogP) is 3.38. The molecule has 0 radical (unpaired) electrons. The Kier molecular flexibility index (Phi) is 4.78. The van der Waals surface area contributed by atoms with E-state index < -0.39 is 9.84 Å². The minimum Gasteiger partial charge on any atom is -0.326 e. The average molecular weight is 371 g/mol. The van der Waals surface area contributed by atoms with Crippen LogP contribution in [0.3, 0.4) is 0 Å². The van der Waals surface area contributed by atoms with Crippen LogP contribution < -0.4 is 5.32 Å². The SMILES string of the molecule is Cc1ncc(-c2cnc(Nc3ccc(S(C)(=O)=O)cc3)nc2)n1C(C)C. The maximum absolute atomic E-state index is 11.5. The van der Waals surface area contributed by atoms with Crippen LogP contribution >= 0.6 is 0 Å². The summed E-state index contributed by atoms with van der Waals surface area (Å²) in [4.78, 5) is 13.3. The molecule has 0 unspecified atom stereocenters. The molecule has 0 amide bonds. The number of hydrogen-bond donors (Lipinski definition) is 1. The lowest BCUT2D eigenvalue weighted by atomic mass is 10.2. The maximum Gasteiger partial charge on any atom is 0.227 e. The number of nitrogens with one attached hydrogen (secondary N) is 1. The van der Waals surface area contributed by atoms with E-state index in [1.165, 1.54) is 6.26 Å². The molecular formula is C18H21N5O2S. The van der Waals surface area contributed by atoms with Crippen molar-refractivity contribution in [3.63, 3.8) is 0 Å². The van der Waals surface area contributed by atoms with E-state index in [1.807, 2.05) is 13.1 Å². The summed E-state index contributed by atoms with van der Waals surface area (Å²) in [5.41, 5.74) is 2.58. The number of hydrogen-bond acceptors (Lipinski definition) is 6. The average Bonchev–Trinajstić information content (AvgIpc) is 2.97. The van der Waals surface area contributed by atoms with Crippen LogP contribution in [0.2, 0.25) is 0 Å². The molecule has 0 bridgehead atoms. The summed E-state index contributed by atoms with van der Waals surface area (Å²) in [7, 11) is -3.21. The van der Waals surface area contributed by atoms with Crippen LogP contribution in [0.4, 0.5) is 11.6 Å². The molecule has 0 aliphatic rings. The third-order valence-electron chi connectivity index (χ3n) is 3.98. The standard InChI is InChI=1S/C18H21N5O2S/c1-12(2)23-13(3)19-11-17(23)14-9-20-18(21-10-14)22-15-5-7-16(8-6-15)26(4,24)25/h5-12H,1-4H3,(H,20,21,22). The van der Waals surface area contributed by atoms with E-state index >= 15 is 0 Å².